The van der Waals surface area contributed by atoms with Crippen LogP contribution in [0.15, 0.2) is 45.5 Å². The molecule has 0 amide bonds. The highest BCUT2D eigenvalue weighted by molar-refractivity contribution is 9.10. The average molecular weight is 280 g/mol. The lowest BCUT2D eigenvalue weighted by Gasteiger charge is -2.16. The molecule has 0 spiro atoms. The highest BCUT2D eigenvalue weighted by atomic mass is 79.9. The van der Waals surface area contributed by atoms with Crippen LogP contribution in [0.4, 0.5) is 0 Å². The average Bonchev–Trinajstić information content (AvgIpc) is 2.78. The van der Waals surface area contributed by atoms with E-state index in [0.717, 1.165) is 10.2 Å². The Morgan fingerprint density at radius 1 is 1.31 bits per heavy atom. The van der Waals surface area contributed by atoms with Crippen LogP contribution >= 0.6 is 15.9 Å². The standard InChI is InChI=1S/C13H14BrNO/c1-9-5-6-11(14)10(8-9)13(15-2)12-4-3-7-16-12/h3-8,13,15H,1-2H3. The van der Waals surface area contributed by atoms with Crippen LogP contribution in [-0.2, 0) is 0 Å². The Bertz CT molecular complexity index is 465. The molecule has 0 saturated carbocycles. The van der Waals surface area contributed by atoms with Gasteiger partial charge in [0.1, 0.15) is 5.76 Å². The SMILES string of the molecule is CNC(c1ccco1)c1cc(C)ccc1Br. The van der Waals surface area contributed by atoms with E-state index in [-0.39, 0.29) is 6.04 Å². The molecule has 0 aliphatic rings. The lowest BCUT2D eigenvalue weighted by molar-refractivity contribution is 0.462. The monoisotopic (exact) mass is 279 g/mol. The second-order valence-corrected chi connectivity index (χ2v) is 4.62. The number of nitrogens with one attached hydrogen (secondary N) is 1. The molecular formula is C13H14BrNO. The van der Waals surface area contributed by atoms with E-state index in [4.69, 9.17) is 4.42 Å². The number of aryl methyl sites for hydroxylation is 1. The second-order valence-electron chi connectivity index (χ2n) is 3.76. The molecule has 2 rings (SSSR count). The highest BCUT2D eigenvalue weighted by Crippen LogP contribution is 2.29. The van der Waals surface area contributed by atoms with Gasteiger partial charge in [0.2, 0.25) is 0 Å². The molecule has 1 aromatic carbocycles. The van der Waals surface area contributed by atoms with Gasteiger partial charge in [0, 0.05) is 4.47 Å². The molecular weight excluding hydrogens is 266 g/mol. The fraction of sp³-hybridized carbons (Fsp3) is 0.231. The van der Waals surface area contributed by atoms with Crippen molar-refractivity contribution in [2.75, 3.05) is 7.05 Å². The van der Waals surface area contributed by atoms with E-state index in [9.17, 15) is 0 Å². The van der Waals surface area contributed by atoms with E-state index >= 15 is 0 Å². The van der Waals surface area contributed by atoms with E-state index in [1.165, 1.54) is 11.1 Å². The molecule has 3 heteroatoms. The summed E-state index contributed by atoms with van der Waals surface area (Å²) in [6, 6.07) is 10.3. The van der Waals surface area contributed by atoms with Gasteiger partial charge in [-0.1, -0.05) is 33.6 Å². The van der Waals surface area contributed by atoms with Crippen LogP contribution in [0.1, 0.15) is 22.9 Å². The first-order valence-corrected chi connectivity index (χ1v) is 5.98. The topological polar surface area (TPSA) is 25.2 Å². The van der Waals surface area contributed by atoms with Gasteiger partial charge in [-0.05, 0) is 37.7 Å². The van der Waals surface area contributed by atoms with E-state index < -0.39 is 0 Å². The number of halogens is 1. The van der Waals surface area contributed by atoms with Crippen molar-refractivity contribution in [1.82, 2.24) is 5.32 Å². The molecule has 0 aliphatic heterocycles. The van der Waals surface area contributed by atoms with Gasteiger partial charge in [-0.15, -0.1) is 0 Å². The number of furan rings is 1. The van der Waals surface area contributed by atoms with Crippen molar-refractivity contribution in [2.45, 2.75) is 13.0 Å². The molecule has 84 valence electrons. The maximum Gasteiger partial charge on any atom is 0.125 e. The molecule has 1 aromatic heterocycles. The highest BCUT2D eigenvalue weighted by Gasteiger charge is 2.17. The summed E-state index contributed by atoms with van der Waals surface area (Å²) in [4.78, 5) is 0. The molecule has 2 aromatic rings. The summed E-state index contributed by atoms with van der Waals surface area (Å²) in [5.41, 5.74) is 2.43. The van der Waals surface area contributed by atoms with E-state index in [1.54, 1.807) is 6.26 Å². The first kappa shape index (κ1) is 11.4. The smallest absolute Gasteiger partial charge is 0.125 e. The molecule has 1 atom stereocenters. The van der Waals surface area contributed by atoms with E-state index in [1.807, 2.05) is 19.2 Å². The summed E-state index contributed by atoms with van der Waals surface area (Å²) in [5.74, 6) is 0.925. The fourth-order valence-corrected chi connectivity index (χ4v) is 2.27. The Morgan fingerprint density at radius 2 is 2.12 bits per heavy atom. The first-order chi connectivity index (χ1) is 7.72. The van der Waals surface area contributed by atoms with Crippen molar-refractivity contribution in [3.8, 4) is 0 Å². The molecule has 1 N–H and O–H groups in total. The van der Waals surface area contributed by atoms with Gasteiger partial charge in [0.25, 0.3) is 0 Å². The maximum absolute atomic E-state index is 5.45. The van der Waals surface area contributed by atoms with Crippen LogP contribution in [0, 0.1) is 6.92 Å². The molecule has 0 aliphatic carbocycles. The van der Waals surface area contributed by atoms with Gasteiger partial charge in [-0.2, -0.15) is 0 Å². The summed E-state index contributed by atoms with van der Waals surface area (Å²) < 4.78 is 6.54. The zero-order valence-electron chi connectivity index (χ0n) is 9.33. The normalized spacial score (nSPS) is 12.7. The predicted octanol–water partition coefficient (Wildman–Crippen LogP) is 3.66. The zero-order chi connectivity index (χ0) is 11.5. The molecule has 0 saturated heterocycles. The number of rotatable bonds is 3. The first-order valence-electron chi connectivity index (χ1n) is 5.19. The van der Waals surface area contributed by atoms with Crippen molar-refractivity contribution < 1.29 is 4.42 Å². The van der Waals surface area contributed by atoms with Crippen molar-refractivity contribution in [2.24, 2.45) is 0 Å². The zero-order valence-corrected chi connectivity index (χ0v) is 10.9. The van der Waals surface area contributed by atoms with Crippen molar-refractivity contribution in [1.29, 1.82) is 0 Å². The van der Waals surface area contributed by atoms with Gasteiger partial charge in [0.15, 0.2) is 0 Å². The molecule has 0 fully saturated rings. The quantitative estimate of drug-likeness (QED) is 0.928. The van der Waals surface area contributed by atoms with Crippen LogP contribution < -0.4 is 5.32 Å². The predicted molar refractivity (Wildman–Crippen MR) is 68.5 cm³/mol. The number of benzene rings is 1. The molecule has 1 heterocycles. The van der Waals surface area contributed by atoms with Crippen LogP contribution in [0.25, 0.3) is 0 Å². The van der Waals surface area contributed by atoms with E-state index in [2.05, 4.69) is 46.4 Å². The molecule has 1 unspecified atom stereocenters. The van der Waals surface area contributed by atoms with Crippen LogP contribution in [0.5, 0.6) is 0 Å². The summed E-state index contributed by atoms with van der Waals surface area (Å²) >= 11 is 3.58. The van der Waals surface area contributed by atoms with Crippen LogP contribution in [-0.4, -0.2) is 7.05 Å². The van der Waals surface area contributed by atoms with Crippen LogP contribution in [0.2, 0.25) is 0 Å². The van der Waals surface area contributed by atoms with Gasteiger partial charge >= 0.3 is 0 Å². The summed E-state index contributed by atoms with van der Waals surface area (Å²) in [5, 5.41) is 3.27. The Balaban J connectivity index is 2.44. The third-order valence-electron chi connectivity index (χ3n) is 2.58. The third-order valence-corrected chi connectivity index (χ3v) is 3.30. The van der Waals surface area contributed by atoms with Crippen LogP contribution in [0.3, 0.4) is 0 Å². The second kappa shape index (κ2) is 4.85. The Kier molecular flexibility index (Phi) is 3.46. The van der Waals surface area contributed by atoms with Crippen molar-refractivity contribution in [3.63, 3.8) is 0 Å². The Hall–Kier alpha value is -1.06. The van der Waals surface area contributed by atoms with Crippen molar-refractivity contribution in [3.05, 3.63) is 58.0 Å². The Morgan fingerprint density at radius 3 is 2.75 bits per heavy atom. The lowest BCUT2D eigenvalue weighted by Crippen LogP contribution is -2.17. The molecule has 0 radical (unpaired) electrons. The van der Waals surface area contributed by atoms with Gasteiger partial charge < -0.3 is 9.73 Å². The van der Waals surface area contributed by atoms with Gasteiger partial charge in [0.05, 0.1) is 12.3 Å². The minimum absolute atomic E-state index is 0.0873. The largest absolute Gasteiger partial charge is 0.467 e. The number of hydrogen-bond acceptors (Lipinski definition) is 2. The molecule has 2 nitrogen and oxygen atoms in total. The van der Waals surface area contributed by atoms with Gasteiger partial charge in [-0.25, -0.2) is 0 Å². The summed E-state index contributed by atoms with van der Waals surface area (Å²) in [7, 11) is 1.93. The van der Waals surface area contributed by atoms with Crippen molar-refractivity contribution >= 4 is 15.9 Å². The minimum Gasteiger partial charge on any atom is -0.467 e. The summed E-state index contributed by atoms with van der Waals surface area (Å²) in [6.45, 7) is 2.09. The Labute approximate surface area is 104 Å². The molecule has 0 bridgehead atoms. The fourth-order valence-electron chi connectivity index (χ4n) is 1.79. The number of hydrogen-bond donors (Lipinski definition) is 1. The maximum atomic E-state index is 5.45. The third kappa shape index (κ3) is 2.20. The summed E-state index contributed by atoms with van der Waals surface area (Å²) in [6.07, 6.45) is 1.70. The minimum atomic E-state index is 0.0873. The molecule has 16 heavy (non-hydrogen) atoms. The van der Waals surface area contributed by atoms with E-state index in [0.29, 0.717) is 0 Å². The lowest BCUT2D eigenvalue weighted by atomic mass is 10.0. The van der Waals surface area contributed by atoms with Gasteiger partial charge in [-0.3, -0.25) is 0 Å².